The summed E-state index contributed by atoms with van der Waals surface area (Å²) in [5.41, 5.74) is 0.154. The van der Waals surface area contributed by atoms with Crippen LogP contribution in [0.25, 0.3) is 25.7 Å². The zero-order valence-electron chi connectivity index (χ0n) is 19.3. The molecule has 0 spiro atoms. The van der Waals surface area contributed by atoms with E-state index >= 15 is 4.39 Å². The van der Waals surface area contributed by atoms with Gasteiger partial charge in [-0.2, -0.15) is 13.2 Å². The first kappa shape index (κ1) is 23.8. The normalized spacial score (nSPS) is 24.1. The first-order chi connectivity index (χ1) is 16.3. The van der Waals surface area contributed by atoms with E-state index in [4.69, 9.17) is 0 Å². The molecule has 1 aromatic heterocycles. The number of allylic oxidation sites excluding steroid dienone is 2. The smallest absolute Gasteiger partial charge is 0.205 e. The molecule has 1 heterocycles. The average molecular weight is 493 g/mol. The summed E-state index contributed by atoms with van der Waals surface area (Å²) < 4.78 is 69.6. The van der Waals surface area contributed by atoms with Crippen LogP contribution in [0, 0.1) is 29.4 Å². The zero-order chi connectivity index (χ0) is 24.0. The Bertz CT molecular complexity index is 1230. The first-order valence-electron chi connectivity index (χ1n) is 12.4. The molecule has 1 fully saturated rings. The molecule has 34 heavy (non-hydrogen) atoms. The molecule has 5 rings (SSSR count). The van der Waals surface area contributed by atoms with E-state index in [-0.39, 0.29) is 9.40 Å². The molecule has 2 aromatic carbocycles. The second kappa shape index (κ2) is 9.25. The number of halogens is 5. The maximum Gasteiger partial charge on any atom is 0.419 e. The molecule has 0 saturated heterocycles. The van der Waals surface area contributed by atoms with Crippen molar-refractivity contribution >= 4 is 37.1 Å². The van der Waals surface area contributed by atoms with Crippen LogP contribution in [0.4, 0.5) is 22.0 Å². The van der Waals surface area contributed by atoms with Gasteiger partial charge in [-0.15, -0.1) is 11.3 Å². The van der Waals surface area contributed by atoms with Gasteiger partial charge >= 0.3 is 6.18 Å². The molecule has 0 bridgehead atoms. The van der Waals surface area contributed by atoms with Crippen LogP contribution in [0.1, 0.15) is 75.8 Å². The molecule has 0 aliphatic heterocycles. The van der Waals surface area contributed by atoms with E-state index in [2.05, 4.69) is 13.0 Å². The van der Waals surface area contributed by atoms with Crippen molar-refractivity contribution in [2.75, 3.05) is 0 Å². The van der Waals surface area contributed by atoms with E-state index in [0.717, 1.165) is 54.1 Å². The minimum atomic E-state index is -4.78. The van der Waals surface area contributed by atoms with Gasteiger partial charge in [0.1, 0.15) is 5.82 Å². The largest absolute Gasteiger partial charge is 0.419 e. The molecular formula is C28H29F5S. The molecule has 0 nitrogen and oxygen atoms in total. The fourth-order valence-electron chi connectivity index (χ4n) is 6.19. The summed E-state index contributed by atoms with van der Waals surface area (Å²) in [5, 5.41) is 0.791. The maximum absolute atomic E-state index is 15.6. The van der Waals surface area contributed by atoms with Gasteiger partial charge in [0.05, 0.1) is 15.0 Å². The standard InChI is InChI=1S/C28H29F5S/c1-2-3-16-4-6-17(7-5-16)18-8-10-19(11-9-18)20-12-13-21-22-14-15-23(28(31,32)33)25(30)27(22)34-26(21)24(20)29/h10,12-18H,2-9,11H2,1H3. The predicted octanol–water partition coefficient (Wildman–Crippen LogP) is 10.1. The average Bonchev–Trinajstić information content (AvgIpc) is 3.20. The molecule has 0 amide bonds. The predicted molar refractivity (Wildman–Crippen MR) is 130 cm³/mol. The van der Waals surface area contributed by atoms with Crippen LogP contribution in [0.3, 0.4) is 0 Å². The van der Waals surface area contributed by atoms with Gasteiger partial charge < -0.3 is 0 Å². The van der Waals surface area contributed by atoms with Crippen LogP contribution in [-0.2, 0) is 6.18 Å². The van der Waals surface area contributed by atoms with Crippen molar-refractivity contribution in [1.29, 1.82) is 0 Å². The third kappa shape index (κ3) is 4.27. The highest BCUT2D eigenvalue weighted by atomic mass is 32.1. The van der Waals surface area contributed by atoms with E-state index in [0.29, 0.717) is 22.3 Å². The fraction of sp³-hybridized carbons (Fsp3) is 0.500. The molecule has 2 aliphatic carbocycles. The van der Waals surface area contributed by atoms with E-state index < -0.39 is 23.4 Å². The highest BCUT2D eigenvalue weighted by Gasteiger charge is 2.35. The highest BCUT2D eigenvalue weighted by molar-refractivity contribution is 7.25. The van der Waals surface area contributed by atoms with Crippen molar-refractivity contribution in [2.45, 2.75) is 70.9 Å². The number of rotatable bonds is 4. The van der Waals surface area contributed by atoms with Crippen LogP contribution in [0.5, 0.6) is 0 Å². The molecule has 182 valence electrons. The maximum atomic E-state index is 15.6. The number of alkyl halides is 3. The van der Waals surface area contributed by atoms with Gasteiger partial charge in [-0.1, -0.05) is 56.9 Å². The molecule has 0 N–H and O–H groups in total. The Hall–Kier alpha value is -1.95. The van der Waals surface area contributed by atoms with Crippen molar-refractivity contribution in [2.24, 2.45) is 17.8 Å². The van der Waals surface area contributed by atoms with Gasteiger partial charge in [-0.25, -0.2) is 8.78 Å². The van der Waals surface area contributed by atoms with Gasteiger partial charge in [0, 0.05) is 16.3 Å². The van der Waals surface area contributed by atoms with Crippen LogP contribution >= 0.6 is 11.3 Å². The van der Waals surface area contributed by atoms with Crippen molar-refractivity contribution in [3.63, 3.8) is 0 Å². The Morgan fingerprint density at radius 3 is 2.15 bits per heavy atom. The Labute approximate surface area is 200 Å². The third-order valence-electron chi connectivity index (χ3n) is 8.05. The van der Waals surface area contributed by atoms with E-state index in [9.17, 15) is 17.6 Å². The summed E-state index contributed by atoms with van der Waals surface area (Å²) in [4.78, 5) is 0. The van der Waals surface area contributed by atoms with Crippen LogP contribution in [-0.4, -0.2) is 0 Å². The van der Waals surface area contributed by atoms with Crippen molar-refractivity contribution in [1.82, 2.24) is 0 Å². The van der Waals surface area contributed by atoms with E-state index in [1.807, 2.05) is 0 Å². The molecule has 2 aliphatic rings. The Morgan fingerprint density at radius 2 is 1.53 bits per heavy atom. The number of hydrogen-bond acceptors (Lipinski definition) is 1. The first-order valence-corrected chi connectivity index (χ1v) is 13.2. The Morgan fingerprint density at radius 1 is 0.853 bits per heavy atom. The van der Waals surface area contributed by atoms with Crippen molar-refractivity contribution in [3.05, 3.63) is 53.1 Å². The zero-order valence-corrected chi connectivity index (χ0v) is 20.1. The lowest BCUT2D eigenvalue weighted by atomic mass is 9.70. The minimum Gasteiger partial charge on any atom is -0.205 e. The lowest BCUT2D eigenvalue weighted by Crippen LogP contribution is -2.23. The van der Waals surface area contributed by atoms with Gasteiger partial charge in [-0.05, 0) is 61.5 Å². The molecule has 1 atom stereocenters. The molecular weight excluding hydrogens is 463 g/mol. The third-order valence-corrected chi connectivity index (χ3v) is 9.25. The summed E-state index contributed by atoms with van der Waals surface area (Å²) in [5.74, 6) is 0.524. The second-order valence-electron chi connectivity index (χ2n) is 10.0. The highest BCUT2D eigenvalue weighted by Crippen LogP contribution is 2.45. The van der Waals surface area contributed by atoms with Gasteiger partial charge in [0.2, 0.25) is 0 Å². The summed E-state index contributed by atoms with van der Waals surface area (Å²) in [6, 6.07) is 5.43. The number of fused-ring (bicyclic) bond motifs is 3. The van der Waals surface area contributed by atoms with Crippen molar-refractivity contribution < 1.29 is 22.0 Å². The van der Waals surface area contributed by atoms with Gasteiger partial charge in [0.25, 0.3) is 0 Å². The lowest BCUT2D eigenvalue weighted by Gasteiger charge is -2.35. The van der Waals surface area contributed by atoms with Gasteiger partial charge in [-0.3, -0.25) is 0 Å². The monoisotopic (exact) mass is 492 g/mol. The quantitative estimate of drug-likeness (QED) is 0.318. The molecule has 0 radical (unpaired) electrons. The van der Waals surface area contributed by atoms with Crippen molar-refractivity contribution in [3.8, 4) is 0 Å². The second-order valence-corrected chi connectivity index (χ2v) is 11.1. The summed E-state index contributed by atoms with van der Waals surface area (Å²) in [7, 11) is 0. The van der Waals surface area contributed by atoms with Gasteiger partial charge in [0.15, 0.2) is 5.82 Å². The lowest BCUT2D eigenvalue weighted by molar-refractivity contribution is -0.139. The van der Waals surface area contributed by atoms with Crippen LogP contribution in [0.15, 0.2) is 30.3 Å². The summed E-state index contributed by atoms with van der Waals surface area (Å²) >= 11 is 0.773. The number of benzene rings is 2. The number of hydrogen-bond donors (Lipinski definition) is 0. The van der Waals surface area contributed by atoms with Crippen LogP contribution in [0.2, 0.25) is 0 Å². The minimum absolute atomic E-state index is 0.141. The topological polar surface area (TPSA) is 0 Å². The molecule has 1 unspecified atom stereocenters. The summed E-state index contributed by atoms with van der Waals surface area (Å²) in [6.07, 6.45) is 8.03. The Balaban J connectivity index is 1.40. The summed E-state index contributed by atoms with van der Waals surface area (Å²) in [6.45, 7) is 2.26. The van der Waals surface area contributed by atoms with Crippen LogP contribution < -0.4 is 0 Å². The molecule has 3 aromatic rings. The fourth-order valence-corrected chi connectivity index (χ4v) is 7.37. The molecule has 6 heteroatoms. The SMILES string of the molecule is CCCC1CCC(C2CC=C(c3ccc4c(sc5c(F)c(C(F)(F)F)ccc54)c3F)CC2)CC1. The van der Waals surface area contributed by atoms with E-state index in [1.54, 1.807) is 12.1 Å². The number of thiophene rings is 1. The van der Waals surface area contributed by atoms with E-state index in [1.165, 1.54) is 44.6 Å². The Kier molecular flexibility index (Phi) is 6.47. The molecule has 1 saturated carbocycles.